The van der Waals surface area contributed by atoms with Gasteiger partial charge in [-0.3, -0.25) is 0 Å². The second kappa shape index (κ2) is 9.49. The Labute approximate surface area is 158 Å². The van der Waals surface area contributed by atoms with Gasteiger partial charge in [0.15, 0.2) is 6.54 Å². The molecule has 152 valence electrons. The Morgan fingerprint density at radius 3 is 2.62 bits per heavy atom. The Morgan fingerprint density at radius 1 is 1.31 bits per heavy atom. The lowest BCUT2D eigenvalue weighted by atomic mass is 9.71. The van der Waals surface area contributed by atoms with Gasteiger partial charge in [-0.2, -0.15) is 0 Å². The van der Waals surface area contributed by atoms with Crippen molar-refractivity contribution < 1.29 is 28.6 Å². The molecule has 0 radical (unpaired) electrons. The molecule has 1 saturated carbocycles. The first kappa shape index (κ1) is 21.6. The minimum atomic E-state index is -0.581. The highest BCUT2D eigenvalue weighted by molar-refractivity contribution is 5.70. The number of carbonyl (C=O) groups is 1. The van der Waals surface area contributed by atoms with E-state index in [1.54, 1.807) is 0 Å². The van der Waals surface area contributed by atoms with Crippen molar-refractivity contribution in [3.8, 4) is 0 Å². The third-order valence-electron chi connectivity index (χ3n) is 5.66. The minimum Gasteiger partial charge on any atom is -0.462 e. The molecule has 1 saturated heterocycles. The second-order valence-electron chi connectivity index (χ2n) is 9.07. The SMILES string of the molecule is CCOC(=O)C[N+]1(CC(O)COC2CC(C)CC(C)(C)C2)CCOCC1. The van der Waals surface area contributed by atoms with E-state index in [-0.39, 0.29) is 12.1 Å². The molecule has 26 heavy (non-hydrogen) atoms. The highest BCUT2D eigenvalue weighted by Gasteiger charge is 2.37. The third kappa shape index (κ3) is 6.80. The smallest absolute Gasteiger partial charge is 0.361 e. The third-order valence-corrected chi connectivity index (χ3v) is 5.66. The van der Waals surface area contributed by atoms with E-state index >= 15 is 0 Å². The first-order valence-corrected chi connectivity index (χ1v) is 10.1. The fraction of sp³-hybridized carbons (Fsp3) is 0.950. The van der Waals surface area contributed by atoms with Crippen LogP contribution in [0.25, 0.3) is 0 Å². The van der Waals surface area contributed by atoms with E-state index < -0.39 is 6.10 Å². The van der Waals surface area contributed by atoms with Gasteiger partial charge < -0.3 is 23.8 Å². The van der Waals surface area contributed by atoms with Crippen LogP contribution in [0.2, 0.25) is 0 Å². The van der Waals surface area contributed by atoms with Crippen molar-refractivity contribution in [3.63, 3.8) is 0 Å². The Bertz CT molecular complexity index is 447. The maximum Gasteiger partial charge on any atom is 0.361 e. The normalized spacial score (nSPS) is 29.1. The van der Waals surface area contributed by atoms with Gasteiger partial charge in [0.1, 0.15) is 25.7 Å². The van der Waals surface area contributed by atoms with E-state index in [4.69, 9.17) is 14.2 Å². The van der Waals surface area contributed by atoms with E-state index in [1.807, 2.05) is 6.92 Å². The first-order chi connectivity index (χ1) is 12.2. The van der Waals surface area contributed by atoms with E-state index in [1.165, 1.54) is 6.42 Å². The number of nitrogens with zero attached hydrogens (tertiary/aromatic N) is 1. The van der Waals surface area contributed by atoms with Gasteiger partial charge in [-0.25, -0.2) is 4.79 Å². The molecule has 3 unspecified atom stereocenters. The van der Waals surface area contributed by atoms with Gasteiger partial charge in [0.2, 0.25) is 0 Å². The predicted molar refractivity (Wildman–Crippen MR) is 99.7 cm³/mol. The summed E-state index contributed by atoms with van der Waals surface area (Å²) in [5, 5.41) is 10.6. The number of ether oxygens (including phenoxy) is 3. The Kier molecular flexibility index (Phi) is 7.89. The molecule has 2 rings (SSSR count). The van der Waals surface area contributed by atoms with Crippen LogP contribution in [-0.4, -0.2) is 80.4 Å². The van der Waals surface area contributed by atoms with Crippen LogP contribution in [0.5, 0.6) is 0 Å². The van der Waals surface area contributed by atoms with Gasteiger partial charge >= 0.3 is 5.97 Å². The highest BCUT2D eigenvalue weighted by Crippen LogP contribution is 2.39. The van der Waals surface area contributed by atoms with Crippen molar-refractivity contribution in [2.24, 2.45) is 11.3 Å². The molecule has 3 atom stereocenters. The van der Waals surface area contributed by atoms with Crippen molar-refractivity contribution >= 4 is 5.97 Å². The maximum atomic E-state index is 12.0. The van der Waals surface area contributed by atoms with Crippen LogP contribution in [0.15, 0.2) is 0 Å². The van der Waals surface area contributed by atoms with Crippen LogP contribution in [0, 0.1) is 11.3 Å². The molecule has 1 heterocycles. The van der Waals surface area contributed by atoms with Crippen molar-refractivity contribution in [3.05, 3.63) is 0 Å². The monoisotopic (exact) mass is 372 g/mol. The van der Waals surface area contributed by atoms with Crippen LogP contribution in [0.3, 0.4) is 0 Å². The van der Waals surface area contributed by atoms with Crippen molar-refractivity contribution in [1.82, 2.24) is 0 Å². The summed E-state index contributed by atoms with van der Waals surface area (Å²) in [6, 6.07) is 0. The lowest BCUT2D eigenvalue weighted by Gasteiger charge is -2.42. The number of quaternary nitrogens is 1. The summed E-state index contributed by atoms with van der Waals surface area (Å²) < 4.78 is 17.2. The Balaban J connectivity index is 1.86. The maximum absolute atomic E-state index is 12.0. The van der Waals surface area contributed by atoms with Crippen LogP contribution >= 0.6 is 0 Å². The number of esters is 1. The van der Waals surface area contributed by atoms with Crippen LogP contribution in [0.4, 0.5) is 0 Å². The van der Waals surface area contributed by atoms with Gasteiger partial charge in [-0.1, -0.05) is 20.8 Å². The molecule has 6 heteroatoms. The Hall–Kier alpha value is -0.690. The topological polar surface area (TPSA) is 65.0 Å². The zero-order valence-electron chi connectivity index (χ0n) is 17.0. The fourth-order valence-corrected chi connectivity index (χ4v) is 4.75. The number of morpholine rings is 1. The van der Waals surface area contributed by atoms with Crippen molar-refractivity contribution in [2.75, 3.05) is 52.6 Å². The molecule has 2 fully saturated rings. The molecule has 0 spiro atoms. The van der Waals surface area contributed by atoms with E-state index in [2.05, 4.69) is 20.8 Å². The van der Waals surface area contributed by atoms with E-state index in [9.17, 15) is 9.90 Å². The summed E-state index contributed by atoms with van der Waals surface area (Å²) in [5.41, 5.74) is 0.301. The molecule has 2 aliphatic rings. The lowest BCUT2D eigenvalue weighted by Crippen LogP contribution is -2.60. The molecule has 1 N–H and O–H groups in total. The van der Waals surface area contributed by atoms with Gasteiger partial charge in [0.05, 0.1) is 32.5 Å². The molecule has 0 amide bonds. The van der Waals surface area contributed by atoms with Gasteiger partial charge in [0.25, 0.3) is 0 Å². The van der Waals surface area contributed by atoms with Crippen molar-refractivity contribution in [1.29, 1.82) is 0 Å². The van der Waals surface area contributed by atoms with E-state index in [0.29, 0.717) is 55.3 Å². The number of aliphatic hydroxyl groups excluding tert-OH is 1. The summed E-state index contributed by atoms with van der Waals surface area (Å²) in [6.07, 6.45) is 2.97. The fourth-order valence-electron chi connectivity index (χ4n) is 4.75. The summed E-state index contributed by atoms with van der Waals surface area (Å²) in [4.78, 5) is 12.0. The number of rotatable bonds is 8. The van der Waals surface area contributed by atoms with Gasteiger partial charge in [-0.15, -0.1) is 0 Å². The minimum absolute atomic E-state index is 0.203. The summed E-state index contributed by atoms with van der Waals surface area (Å²) in [6.45, 7) is 12.9. The largest absolute Gasteiger partial charge is 0.462 e. The van der Waals surface area contributed by atoms with Gasteiger partial charge in [-0.05, 0) is 37.5 Å². The Morgan fingerprint density at radius 2 is 2.00 bits per heavy atom. The molecule has 1 aliphatic heterocycles. The second-order valence-corrected chi connectivity index (χ2v) is 9.07. The summed E-state index contributed by atoms with van der Waals surface area (Å²) in [7, 11) is 0. The number of carbonyl (C=O) groups excluding carboxylic acids is 1. The van der Waals surface area contributed by atoms with Crippen LogP contribution in [-0.2, 0) is 19.0 Å². The molecule has 0 aromatic rings. The molecular weight excluding hydrogens is 334 g/mol. The zero-order valence-corrected chi connectivity index (χ0v) is 17.0. The molecule has 6 nitrogen and oxygen atoms in total. The molecule has 0 aromatic heterocycles. The summed E-state index contributed by atoms with van der Waals surface area (Å²) >= 11 is 0. The predicted octanol–water partition coefficient (Wildman–Crippen LogP) is 1.99. The quantitative estimate of drug-likeness (QED) is 0.521. The molecule has 0 bridgehead atoms. The first-order valence-electron chi connectivity index (χ1n) is 10.1. The lowest BCUT2D eigenvalue weighted by molar-refractivity contribution is -0.931. The van der Waals surface area contributed by atoms with Crippen molar-refractivity contribution in [2.45, 2.75) is 59.2 Å². The average molecular weight is 373 g/mol. The van der Waals surface area contributed by atoms with Crippen LogP contribution < -0.4 is 0 Å². The average Bonchev–Trinajstić information content (AvgIpc) is 2.52. The molecular formula is C20H38NO5+. The molecule has 0 aromatic carbocycles. The standard InChI is InChI=1S/C20H38NO5/c1-5-25-19(23)14-21(6-8-24-9-7-21)13-17(22)15-26-18-10-16(2)11-20(3,4)12-18/h16-18,22H,5-15H2,1-4H3/q+1. The number of hydrogen-bond acceptors (Lipinski definition) is 5. The van der Waals surface area contributed by atoms with Crippen LogP contribution in [0.1, 0.15) is 47.0 Å². The highest BCUT2D eigenvalue weighted by atomic mass is 16.5. The number of hydrogen-bond donors (Lipinski definition) is 1. The molecule has 1 aliphatic carbocycles. The zero-order chi connectivity index (χ0) is 19.2. The van der Waals surface area contributed by atoms with Gasteiger partial charge in [0, 0.05) is 0 Å². The summed E-state index contributed by atoms with van der Waals surface area (Å²) in [5.74, 6) is 0.452. The van der Waals surface area contributed by atoms with E-state index in [0.717, 1.165) is 25.9 Å². The number of aliphatic hydroxyl groups is 1.